The Hall–Kier alpha value is -0.890. The van der Waals surface area contributed by atoms with Gasteiger partial charge in [-0.25, -0.2) is 0 Å². The van der Waals surface area contributed by atoms with Gasteiger partial charge in [0.15, 0.2) is 0 Å². The lowest BCUT2D eigenvalue weighted by molar-refractivity contribution is 0.353. The Morgan fingerprint density at radius 3 is 2.93 bits per heavy atom. The summed E-state index contributed by atoms with van der Waals surface area (Å²) in [6, 6.07) is 2.14. The fourth-order valence-corrected chi connectivity index (χ4v) is 2.63. The van der Waals surface area contributed by atoms with Crippen LogP contribution in [0.3, 0.4) is 0 Å². The molecule has 0 atom stereocenters. The summed E-state index contributed by atoms with van der Waals surface area (Å²) >= 11 is 5.84. The zero-order chi connectivity index (χ0) is 10.3. The fraction of sp³-hybridized carbons (Fsp3) is 0.500. The normalized spacial score (nSPS) is 16.9. The molecule has 3 rings (SSSR count). The van der Waals surface area contributed by atoms with Crippen LogP contribution >= 0.6 is 11.6 Å². The Morgan fingerprint density at radius 1 is 1.20 bits per heavy atom. The highest BCUT2D eigenvalue weighted by atomic mass is 35.5. The lowest BCUT2D eigenvalue weighted by Gasteiger charge is -2.11. The fourth-order valence-electron chi connectivity index (χ4n) is 2.44. The maximum absolute atomic E-state index is 5.84. The van der Waals surface area contributed by atoms with Crippen molar-refractivity contribution in [2.24, 2.45) is 0 Å². The van der Waals surface area contributed by atoms with E-state index in [-0.39, 0.29) is 0 Å². The summed E-state index contributed by atoms with van der Waals surface area (Å²) in [6.07, 6.45) is 2.88. The molecule has 1 aromatic carbocycles. The van der Waals surface area contributed by atoms with Gasteiger partial charge in [0.1, 0.15) is 11.5 Å². The first-order valence-corrected chi connectivity index (χ1v) is 5.93. The van der Waals surface area contributed by atoms with Crippen LogP contribution in [0.25, 0.3) is 0 Å². The Kier molecular flexibility index (Phi) is 2.24. The predicted molar refractivity (Wildman–Crippen MR) is 59.3 cm³/mol. The second-order valence-electron chi connectivity index (χ2n) is 3.96. The number of hydrogen-bond donors (Lipinski definition) is 0. The van der Waals surface area contributed by atoms with Crippen molar-refractivity contribution in [3.63, 3.8) is 0 Å². The third kappa shape index (κ3) is 1.39. The number of alkyl halides is 1. The van der Waals surface area contributed by atoms with Crippen molar-refractivity contribution in [2.45, 2.75) is 19.3 Å². The van der Waals surface area contributed by atoms with Gasteiger partial charge >= 0.3 is 0 Å². The van der Waals surface area contributed by atoms with Crippen LogP contribution in [0.5, 0.6) is 11.5 Å². The number of rotatable bonds is 2. The molecule has 0 saturated heterocycles. The first-order chi connectivity index (χ1) is 7.40. The van der Waals surface area contributed by atoms with E-state index in [1.165, 1.54) is 16.7 Å². The Morgan fingerprint density at radius 2 is 2.07 bits per heavy atom. The van der Waals surface area contributed by atoms with Gasteiger partial charge < -0.3 is 9.47 Å². The van der Waals surface area contributed by atoms with E-state index in [9.17, 15) is 0 Å². The molecule has 0 spiro atoms. The monoisotopic (exact) mass is 224 g/mol. The van der Waals surface area contributed by atoms with Crippen LogP contribution in [0.1, 0.15) is 16.7 Å². The Bertz CT molecular complexity index is 369. The third-order valence-electron chi connectivity index (χ3n) is 3.10. The van der Waals surface area contributed by atoms with Crippen LogP contribution in [0.2, 0.25) is 0 Å². The van der Waals surface area contributed by atoms with Gasteiger partial charge in [-0.1, -0.05) is 0 Å². The van der Waals surface area contributed by atoms with Gasteiger partial charge in [0.25, 0.3) is 0 Å². The summed E-state index contributed by atoms with van der Waals surface area (Å²) in [6.45, 7) is 1.60. The van der Waals surface area contributed by atoms with Gasteiger partial charge in [-0.2, -0.15) is 0 Å². The van der Waals surface area contributed by atoms with Gasteiger partial charge in [-0.05, 0) is 12.5 Å². The van der Waals surface area contributed by atoms with Gasteiger partial charge in [-0.15, -0.1) is 11.6 Å². The molecule has 0 saturated carbocycles. The van der Waals surface area contributed by atoms with Crippen molar-refractivity contribution in [3.05, 3.63) is 22.8 Å². The zero-order valence-electron chi connectivity index (χ0n) is 8.51. The molecule has 80 valence electrons. The highest BCUT2D eigenvalue weighted by molar-refractivity contribution is 6.18. The van der Waals surface area contributed by atoms with E-state index in [2.05, 4.69) is 6.07 Å². The third-order valence-corrected chi connectivity index (χ3v) is 3.29. The summed E-state index contributed by atoms with van der Waals surface area (Å²) in [4.78, 5) is 0. The van der Waals surface area contributed by atoms with E-state index in [4.69, 9.17) is 21.1 Å². The average molecular weight is 225 g/mol. The summed E-state index contributed by atoms with van der Waals surface area (Å²) in [7, 11) is 0. The molecule has 2 nitrogen and oxygen atoms in total. The quantitative estimate of drug-likeness (QED) is 0.718. The molecule has 2 heterocycles. The van der Waals surface area contributed by atoms with Crippen LogP contribution in [-0.4, -0.2) is 19.1 Å². The second kappa shape index (κ2) is 3.60. The van der Waals surface area contributed by atoms with Crippen LogP contribution in [-0.2, 0) is 19.3 Å². The van der Waals surface area contributed by atoms with E-state index in [1.807, 2.05) is 0 Å². The predicted octanol–water partition coefficient (Wildman–Crippen LogP) is 2.34. The molecule has 0 N–H and O–H groups in total. The molecular formula is C12H13ClO2. The van der Waals surface area contributed by atoms with Crippen molar-refractivity contribution in [1.29, 1.82) is 0 Å². The average Bonchev–Trinajstić information content (AvgIpc) is 2.84. The molecule has 3 heteroatoms. The SMILES string of the molecule is ClCCc1c2c(cc3c1OCC3)OCC2. The molecule has 0 aliphatic carbocycles. The zero-order valence-corrected chi connectivity index (χ0v) is 9.27. The lowest BCUT2D eigenvalue weighted by Crippen LogP contribution is -1.97. The van der Waals surface area contributed by atoms with E-state index in [0.29, 0.717) is 5.88 Å². The molecule has 0 aromatic heterocycles. The van der Waals surface area contributed by atoms with Crippen LogP contribution in [0.4, 0.5) is 0 Å². The first kappa shape index (κ1) is 9.34. The molecule has 0 radical (unpaired) electrons. The van der Waals surface area contributed by atoms with Crippen molar-refractivity contribution >= 4 is 11.6 Å². The molecule has 2 aliphatic rings. The molecule has 0 unspecified atom stereocenters. The van der Waals surface area contributed by atoms with Crippen molar-refractivity contribution < 1.29 is 9.47 Å². The van der Waals surface area contributed by atoms with Crippen LogP contribution in [0, 0.1) is 0 Å². The molecule has 15 heavy (non-hydrogen) atoms. The van der Waals surface area contributed by atoms with Crippen LogP contribution in [0.15, 0.2) is 6.07 Å². The summed E-state index contributed by atoms with van der Waals surface area (Å²) in [5.41, 5.74) is 3.89. The van der Waals surface area contributed by atoms with E-state index in [0.717, 1.165) is 44.0 Å². The highest BCUT2D eigenvalue weighted by Crippen LogP contribution is 2.40. The van der Waals surface area contributed by atoms with E-state index in [1.54, 1.807) is 0 Å². The summed E-state index contributed by atoms with van der Waals surface area (Å²) < 4.78 is 11.3. The van der Waals surface area contributed by atoms with Crippen LogP contribution < -0.4 is 9.47 Å². The second-order valence-corrected chi connectivity index (χ2v) is 4.33. The number of fused-ring (bicyclic) bond motifs is 2. The molecule has 1 aromatic rings. The minimum Gasteiger partial charge on any atom is -0.493 e. The first-order valence-electron chi connectivity index (χ1n) is 5.39. The molecule has 0 amide bonds. The molecular weight excluding hydrogens is 212 g/mol. The maximum atomic E-state index is 5.84. The largest absolute Gasteiger partial charge is 0.493 e. The number of ether oxygens (including phenoxy) is 2. The minimum atomic E-state index is 0.645. The number of benzene rings is 1. The number of hydrogen-bond acceptors (Lipinski definition) is 2. The number of halogens is 1. The highest BCUT2D eigenvalue weighted by Gasteiger charge is 2.25. The minimum absolute atomic E-state index is 0.645. The van der Waals surface area contributed by atoms with Gasteiger partial charge in [0, 0.05) is 35.4 Å². The van der Waals surface area contributed by atoms with Gasteiger partial charge in [-0.3, -0.25) is 0 Å². The van der Waals surface area contributed by atoms with Gasteiger partial charge in [0.2, 0.25) is 0 Å². The van der Waals surface area contributed by atoms with E-state index >= 15 is 0 Å². The van der Waals surface area contributed by atoms with Crippen molar-refractivity contribution in [2.75, 3.05) is 19.1 Å². The topological polar surface area (TPSA) is 18.5 Å². The lowest BCUT2D eigenvalue weighted by atomic mass is 9.98. The summed E-state index contributed by atoms with van der Waals surface area (Å²) in [5.74, 6) is 2.78. The maximum Gasteiger partial charge on any atom is 0.126 e. The Balaban J connectivity index is 2.16. The van der Waals surface area contributed by atoms with Crippen molar-refractivity contribution in [3.8, 4) is 11.5 Å². The summed E-state index contributed by atoms with van der Waals surface area (Å²) in [5, 5.41) is 0. The molecule has 2 aliphatic heterocycles. The molecule has 0 fully saturated rings. The Labute approximate surface area is 94.1 Å². The smallest absolute Gasteiger partial charge is 0.126 e. The standard InChI is InChI=1S/C12H13ClO2/c13-4-1-10-9-3-6-14-11(9)7-8-2-5-15-12(8)10/h7H,1-6H2. The van der Waals surface area contributed by atoms with Gasteiger partial charge in [0.05, 0.1) is 13.2 Å². The van der Waals surface area contributed by atoms with Crippen molar-refractivity contribution in [1.82, 2.24) is 0 Å². The molecule has 0 bridgehead atoms. The van der Waals surface area contributed by atoms with E-state index < -0.39 is 0 Å².